The molecule has 0 spiro atoms. The molecule has 66 valence electrons. The number of anilines is 1. The summed E-state index contributed by atoms with van der Waals surface area (Å²) in [4.78, 5) is 10.9. The van der Waals surface area contributed by atoms with Crippen molar-refractivity contribution in [3.8, 4) is 0 Å². The van der Waals surface area contributed by atoms with E-state index >= 15 is 0 Å². The molecule has 0 aliphatic carbocycles. The van der Waals surface area contributed by atoms with E-state index in [-0.39, 0.29) is 21.7 Å². The minimum absolute atomic E-state index is 0.0251. The first-order chi connectivity index (χ1) is 5.57. The molecule has 0 aromatic carbocycles. The first-order valence-electron chi connectivity index (χ1n) is 2.89. The van der Waals surface area contributed by atoms with Crippen LogP contribution in [0, 0.1) is 0 Å². The van der Waals surface area contributed by atoms with Crippen molar-refractivity contribution in [3.63, 3.8) is 0 Å². The lowest BCUT2D eigenvalue weighted by Crippen LogP contribution is -1.99. The van der Waals surface area contributed by atoms with E-state index in [9.17, 15) is 4.79 Å². The van der Waals surface area contributed by atoms with Crippen molar-refractivity contribution in [3.05, 3.63) is 15.8 Å². The summed E-state index contributed by atoms with van der Waals surface area (Å²) >= 11 is 11.1. The second-order valence-electron chi connectivity index (χ2n) is 1.91. The highest BCUT2D eigenvalue weighted by Crippen LogP contribution is 2.34. The second-order valence-corrected chi connectivity index (χ2v) is 2.67. The van der Waals surface area contributed by atoms with Crippen LogP contribution >= 0.6 is 23.2 Å². The van der Waals surface area contributed by atoms with Crippen LogP contribution in [0.15, 0.2) is 4.42 Å². The maximum atomic E-state index is 10.9. The topological polar surface area (TPSA) is 65.5 Å². The molecule has 1 heterocycles. The predicted octanol–water partition coefficient (Wildman–Crippen LogP) is 1.96. The van der Waals surface area contributed by atoms with Gasteiger partial charge in [-0.2, -0.15) is 0 Å². The van der Waals surface area contributed by atoms with Crippen molar-refractivity contribution in [1.29, 1.82) is 0 Å². The van der Waals surface area contributed by atoms with Crippen LogP contribution in [0.3, 0.4) is 0 Å². The standard InChI is InChI=1S/C6H5Cl2NO3/c1-11-6(10)4-2(7)3(8)5(9)12-4/h9H2,1H3. The number of hydrogen-bond donors (Lipinski definition) is 1. The van der Waals surface area contributed by atoms with Gasteiger partial charge in [0, 0.05) is 0 Å². The van der Waals surface area contributed by atoms with Gasteiger partial charge in [-0.05, 0) is 0 Å². The number of rotatable bonds is 1. The number of furan rings is 1. The average Bonchev–Trinajstić information content (AvgIpc) is 2.32. The minimum atomic E-state index is -0.710. The zero-order chi connectivity index (χ0) is 9.30. The van der Waals surface area contributed by atoms with Crippen molar-refractivity contribution in [2.24, 2.45) is 0 Å². The van der Waals surface area contributed by atoms with E-state index in [1.54, 1.807) is 0 Å². The lowest BCUT2D eigenvalue weighted by molar-refractivity contribution is 0.0566. The van der Waals surface area contributed by atoms with Gasteiger partial charge >= 0.3 is 5.97 Å². The average molecular weight is 210 g/mol. The van der Waals surface area contributed by atoms with Crippen molar-refractivity contribution < 1.29 is 13.9 Å². The molecule has 0 bridgehead atoms. The van der Waals surface area contributed by atoms with Crippen LogP contribution in [-0.4, -0.2) is 13.1 Å². The normalized spacial score (nSPS) is 9.92. The fraction of sp³-hybridized carbons (Fsp3) is 0.167. The molecule has 1 rings (SSSR count). The minimum Gasteiger partial charge on any atom is -0.463 e. The zero-order valence-corrected chi connectivity index (χ0v) is 7.57. The monoisotopic (exact) mass is 209 g/mol. The van der Waals surface area contributed by atoms with Gasteiger partial charge in [0.15, 0.2) is 0 Å². The first kappa shape index (κ1) is 9.22. The zero-order valence-electron chi connectivity index (χ0n) is 6.06. The quantitative estimate of drug-likeness (QED) is 0.719. The Kier molecular flexibility index (Phi) is 2.49. The molecule has 0 unspecified atom stereocenters. The number of nitrogen functional groups attached to an aromatic ring is 1. The van der Waals surface area contributed by atoms with Gasteiger partial charge in [0.2, 0.25) is 11.6 Å². The third-order valence-electron chi connectivity index (χ3n) is 1.19. The van der Waals surface area contributed by atoms with E-state index in [1.165, 1.54) is 7.11 Å². The Morgan fingerprint density at radius 3 is 2.42 bits per heavy atom. The molecule has 0 amide bonds. The number of halogens is 2. The number of hydrogen-bond acceptors (Lipinski definition) is 4. The van der Waals surface area contributed by atoms with Crippen LogP contribution in [0.25, 0.3) is 0 Å². The van der Waals surface area contributed by atoms with Gasteiger partial charge in [-0.3, -0.25) is 0 Å². The van der Waals surface area contributed by atoms with E-state index in [0.717, 1.165) is 0 Å². The van der Waals surface area contributed by atoms with Gasteiger partial charge in [0.05, 0.1) is 7.11 Å². The molecule has 1 aromatic rings. The Morgan fingerprint density at radius 1 is 1.50 bits per heavy atom. The lowest BCUT2D eigenvalue weighted by Gasteiger charge is -1.92. The van der Waals surface area contributed by atoms with Gasteiger partial charge in [0.25, 0.3) is 0 Å². The number of esters is 1. The van der Waals surface area contributed by atoms with Crippen molar-refractivity contribution in [2.75, 3.05) is 12.8 Å². The molecule has 0 aliphatic heterocycles. The van der Waals surface area contributed by atoms with Gasteiger partial charge in [-0.25, -0.2) is 4.79 Å². The Bertz CT molecular complexity index is 321. The number of carbonyl (C=O) groups is 1. The van der Waals surface area contributed by atoms with Crippen LogP contribution in [-0.2, 0) is 4.74 Å². The molecule has 2 N–H and O–H groups in total. The van der Waals surface area contributed by atoms with Crippen LogP contribution in [0.4, 0.5) is 5.88 Å². The molecule has 0 aliphatic rings. The summed E-state index contributed by atoms with van der Waals surface area (Å²) in [5, 5.41) is -0.00177. The van der Waals surface area contributed by atoms with Crippen molar-refractivity contribution in [1.82, 2.24) is 0 Å². The predicted molar refractivity (Wildman–Crippen MR) is 44.5 cm³/mol. The molecule has 0 saturated heterocycles. The van der Waals surface area contributed by atoms with Crippen LogP contribution < -0.4 is 5.73 Å². The Labute approximate surface area is 78.2 Å². The molecule has 12 heavy (non-hydrogen) atoms. The summed E-state index contributed by atoms with van der Waals surface area (Å²) in [5.74, 6) is -0.984. The van der Waals surface area contributed by atoms with E-state index in [0.29, 0.717) is 0 Å². The van der Waals surface area contributed by atoms with E-state index < -0.39 is 5.97 Å². The molecule has 4 nitrogen and oxygen atoms in total. The van der Waals surface area contributed by atoms with E-state index in [2.05, 4.69) is 4.74 Å². The Morgan fingerprint density at radius 2 is 2.08 bits per heavy atom. The molecule has 0 fully saturated rings. The fourth-order valence-electron chi connectivity index (χ4n) is 0.631. The Balaban J connectivity index is 3.17. The van der Waals surface area contributed by atoms with Gasteiger partial charge < -0.3 is 14.9 Å². The summed E-state index contributed by atoms with van der Waals surface area (Å²) < 4.78 is 9.09. The maximum absolute atomic E-state index is 10.9. The number of carbonyl (C=O) groups excluding carboxylic acids is 1. The summed E-state index contributed by atoms with van der Waals surface area (Å²) in [6.45, 7) is 0. The van der Waals surface area contributed by atoms with Gasteiger partial charge in [0.1, 0.15) is 10.0 Å². The molecule has 1 aromatic heterocycles. The molecular formula is C6H5Cl2NO3. The maximum Gasteiger partial charge on any atom is 0.375 e. The smallest absolute Gasteiger partial charge is 0.375 e. The summed E-state index contributed by atoms with van der Waals surface area (Å²) in [6, 6.07) is 0. The van der Waals surface area contributed by atoms with Gasteiger partial charge in [-0.1, -0.05) is 23.2 Å². The highest BCUT2D eigenvalue weighted by molar-refractivity contribution is 6.45. The third-order valence-corrected chi connectivity index (χ3v) is 2.02. The summed E-state index contributed by atoms with van der Waals surface area (Å²) in [5.41, 5.74) is 5.24. The molecule has 0 atom stereocenters. The van der Waals surface area contributed by atoms with Crippen LogP contribution in [0.2, 0.25) is 10.0 Å². The highest BCUT2D eigenvalue weighted by atomic mass is 35.5. The lowest BCUT2D eigenvalue weighted by atomic mass is 10.4. The first-order valence-corrected chi connectivity index (χ1v) is 3.65. The van der Waals surface area contributed by atoms with E-state index in [4.69, 9.17) is 33.4 Å². The summed E-state index contributed by atoms with van der Waals surface area (Å²) in [7, 11) is 1.20. The largest absolute Gasteiger partial charge is 0.463 e. The molecule has 0 saturated carbocycles. The molecule has 0 radical (unpaired) electrons. The number of nitrogens with two attached hydrogens (primary N) is 1. The summed E-state index contributed by atoms with van der Waals surface area (Å²) in [6.07, 6.45) is 0. The van der Waals surface area contributed by atoms with E-state index in [1.807, 2.05) is 0 Å². The number of ether oxygens (including phenoxy) is 1. The highest BCUT2D eigenvalue weighted by Gasteiger charge is 2.21. The van der Waals surface area contributed by atoms with Crippen molar-refractivity contribution in [2.45, 2.75) is 0 Å². The third kappa shape index (κ3) is 1.35. The van der Waals surface area contributed by atoms with Crippen molar-refractivity contribution >= 4 is 35.1 Å². The van der Waals surface area contributed by atoms with Gasteiger partial charge in [-0.15, -0.1) is 0 Å². The SMILES string of the molecule is COC(=O)c1oc(N)c(Cl)c1Cl. The second kappa shape index (κ2) is 3.25. The molecular weight excluding hydrogens is 205 g/mol. The fourth-order valence-corrected chi connectivity index (χ4v) is 0.965. The van der Waals surface area contributed by atoms with Crippen LogP contribution in [0.5, 0.6) is 0 Å². The molecule has 6 heteroatoms. The Hall–Kier alpha value is -0.870. The number of methoxy groups -OCH3 is 1. The van der Waals surface area contributed by atoms with Crippen LogP contribution in [0.1, 0.15) is 10.6 Å².